The van der Waals surface area contributed by atoms with Crippen molar-refractivity contribution in [1.29, 1.82) is 0 Å². The van der Waals surface area contributed by atoms with Gasteiger partial charge in [0.15, 0.2) is 11.5 Å². The maximum absolute atomic E-state index is 12.6. The Morgan fingerprint density at radius 3 is 2.65 bits per heavy atom. The van der Waals surface area contributed by atoms with E-state index in [1.54, 1.807) is 12.1 Å². The van der Waals surface area contributed by atoms with Gasteiger partial charge in [0.25, 0.3) is 5.91 Å². The number of benzene rings is 1. The van der Waals surface area contributed by atoms with Crippen molar-refractivity contribution >= 4 is 28.8 Å². The number of imidazole rings is 1. The molecule has 10 nitrogen and oxygen atoms in total. The molecule has 0 atom stereocenters. The van der Waals surface area contributed by atoms with E-state index in [0.717, 1.165) is 38.0 Å². The number of unbranched alkanes of at least 4 members (excludes halogenated alkanes) is 1. The summed E-state index contributed by atoms with van der Waals surface area (Å²) in [6, 6.07) is 7.35. The van der Waals surface area contributed by atoms with Crippen molar-refractivity contribution in [3.63, 3.8) is 0 Å². The highest BCUT2D eigenvalue weighted by atomic mass is 16.2. The van der Waals surface area contributed by atoms with Crippen LogP contribution in [0.15, 0.2) is 29.1 Å². The first-order valence-electron chi connectivity index (χ1n) is 10.7. The number of nitrogen functional groups attached to an aromatic ring is 1. The number of nitrogens with one attached hydrogen (secondary N) is 3. The molecule has 1 aliphatic rings. The van der Waals surface area contributed by atoms with Crippen LogP contribution in [-0.2, 0) is 6.54 Å². The first-order valence-corrected chi connectivity index (χ1v) is 10.7. The second-order valence-corrected chi connectivity index (χ2v) is 7.67. The molecule has 0 unspecified atom stereocenters. The highest BCUT2D eigenvalue weighted by Gasteiger charge is 2.18. The van der Waals surface area contributed by atoms with Crippen molar-refractivity contribution in [3.8, 4) is 0 Å². The summed E-state index contributed by atoms with van der Waals surface area (Å²) in [5.74, 6) is 0.667. The van der Waals surface area contributed by atoms with E-state index in [1.165, 1.54) is 4.57 Å². The molecule has 1 fully saturated rings. The number of carbonyl (C=O) groups is 1. The van der Waals surface area contributed by atoms with E-state index in [0.29, 0.717) is 42.3 Å². The van der Waals surface area contributed by atoms with Gasteiger partial charge in [0, 0.05) is 38.3 Å². The minimum Gasteiger partial charge on any atom is -0.382 e. The van der Waals surface area contributed by atoms with Crippen molar-refractivity contribution in [3.05, 3.63) is 45.9 Å². The van der Waals surface area contributed by atoms with E-state index in [4.69, 9.17) is 5.73 Å². The van der Waals surface area contributed by atoms with Crippen LogP contribution in [0.3, 0.4) is 0 Å². The number of nitrogens with two attached hydrogens (primary N) is 1. The molecule has 0 saturated carbocycles. The molecule has 0 aliphatic carbocycles. The fourth-order valence-corrected chi connectivity index (χ4v) is 3.64. The molecule has 3 aromatic rings. The van der Waals surface area contributed by atoms with Gasteiger partial charge >= 0.3 is 5.69 Å². The first-order chi connectivity index (χ1) is 15.1. The number of amides is 1. The van der Waals surface area contributed by atoms with E-state index >= 15 is 0 Å². The van der Waals surface area contributed by atoms with Gasteiger partial charge in [-0.05, 0) is 24.1 Å². The van der Waals surface area contributed by atoms with Crippen LogP contribution in [0.2, 0.25) is 0 Å². The Balaban J connectivity index is 1.55. The summed E-state index contributed by atoms with van der Waals surface area (Å²) in [4.78, 5) is 38.5. The molecule has 0 spiro atoms. The van der Waals surface area contributed by atoms with Gasteiger partial charge in [-0.15, -0.1) is 0 Å². The van der Waals surface area contributed by atoms with E-state index in [9.17, 15) is 9.59 Å². The minimum atomic E-state index is -0.303. The van der Waals surface area contributed by atoms with E-state index in [2.05, 4.69) is 32.5 Å². The number of hydrogen-bond acceptors (Lipinski definition) is 7. The Labute approximate surface area is 179 Å². The van der Waals surface area contributed by atoms with Gasteiger partial charge in [0.1, 0.15) is 5.52 Å². The summed E-state index contributed by atoms with van der Waals surface area (Å²) in [5.41, 5.74) is 8.15. The van der Waals surface area contributed by atoms with Gasteiger partial charge in [0.05, 0.1) is 6.54 Å². The summed E-state index contributed by atoms with van der Waals surface area (Å²) in [6.07, 6.45) is 2.03. The van der Waals surface area contributed by atoms with Gasteiger partial charge in [-0.2, -0.15) is 9.97 Å². The van der Waals surface area contributed by atoms with Crippen molar-refractivity contribution in [2.45, 2.75) is 26.3 Å². The van der Waals surface area contributed by atoms with Crippen molar-refractivity contribution in [1.82, 2.24) is 29.7 Å². The molecule has 5 N–H and O–H groups in total. The monoisotopic (exact) mass is 424 g/mol. The van der Waals surface area contributed by atoms with Crippen LogP contribution in [0, 0.1) is 0 Å². The quantitative estimate of drug-likeness (QED) is 0.416. The molecule has 4 rings (SSSR count). The number of aromatic amines is 1. The second-order valence-electron chi connectivity index (χ2n) is 7.67. The molecular formula is C21H28N8O2. The number of H-pyrrole nitrogens is 1. The summed E-state index contributed by atoms with van der Waals surface area (Å²) in [5, 5.41) is 6.40. The van der Waals surface area contributed by atoms with Gasteiger partial charge < -0.3 is 26.3 Å². The third kappa shape index (κ3) is 4.53. The molecule has 2 aromatic heterocycles. The SMILES string of the molecule is CCCCNc1nc(N)c2[nH]c(=O)n(Cc3ccc(C(=O)N4CCNCC4)cc3)c2n1. The van der Waals surface area contributed by atoms with Crippen LogP contribution < -0.4 is 22.1 Å². The van der Waals surface area contributed by atoms with Crippen LogP contribution >= 0.6 is 0 Å². The number of anilines is 2. The standard InChI is InChI=1S/C21H28N8O2/c1-2-3-8-24-20-26-17(22)16-18(27-20)29(21(31)25-16)13-14-4-6-15(7-5-14)19(30)28-11-9-23-10-12-28/h4-7,23H,2-3,8-13H2,1H3,(H,25,31)(H3,22,24,26,27). The third-order valence-electron chi connectivity index (χ3n) is 5.41. The van der Waals surface area contributed by atoms with Gasteiger partial charge in [-0.1, -0.05) is 25.5 Å². The summed E-state index contributed by atoms with van der Waals surface area (Å²) in [7, 11) is 0. The van der Waals surface area contributed by atoms with Crippen LogP contribution in [0.5, 0.6) is 0 Å². The molecular weight excluding hydrogens is 396 g/mol. The lowest BCUT2D eigenvalue weighted by Gasteiger charge is -2.27. The molecule has 10 heteroatoms. The summed E-state index contributed by atoms with van der Waals surface area (Å²) >= 11 is 0. The topological polar surface area (TPSA) is 134 Å². The molecule has 1 saturated heterocycles. The van der Waals surface area contributed by atoms with Crippen LogP contribution in [-0.4, -0.2) is 63.0 Å². The molecule has 31 heavy (non-hydrogen) atoms. The number of nitrogens with zero attached hydrogens (tertiary/aromatic N) is 4. The fourth-order valence-electron chi connectivity index (χ4n) is 3.64. The van der Waals surface area contributed by atoms with Crippen LogP contribution in [0.1, 0.15) is 35.7 Å². The number of aromatic nitrogens is 4. The van der Waals surface area contributed by atoms with Crippen LogP contribution in [0.25, 0.3) is 11.2 Å². The Hall–Kier alpha value is -3.40. The second kappa shape index (κ2) is 9.17. The Morgan fingerprint density at radius 1 is 1.19 bits per heavy atom. The molecule has 1 aliphatic heterocycles. The molecule has 0 bridgehead atoms. The van der Waals surface area contributed by atoms with Gasteiger partial charge in [-0.25, -0.2) is 4.79 Å². The number of carbonyl (C=O) groups excluding carboxylic acids is 1. The molecule has 164 valence electrons. The summed E-state index contributed by atoms with van der Waals surface area (Å²) < 4.78 is 1.53. The number of rotatable bonds is 7. The van der Waals surface area contributed by atoms with E-state index < -0.39 is 0 Å². The van der Waals surface area contributed by atoms with Gasteiger partial charge in [0.2, 0.25) is 5.95 Å². The number of hydrogen-bond donors (Lipinski definition) is 4. The lowest BCUT2D eigenvalue weighted by molar-refractivity contribution is 0.0736. The smallest absolute Gasteiger partial charge is 0.328 e. The zero-order valence-electron chi connectivity index (χ0n) is 17.6. The summed E-state index contributed by atoms with van der Waals surface area (Å²) in [6.45, 7) is 6.19. The molecule has 1 amide bonds. The molecule has 0 radical (unpaired) electrons. The van der Waals surface area contributed by atoms with Crippen molar-refractivity contribution < 1.29 is 4.79 Å². The van der Waals surface area contributed by atoms with Crippen LogP contribution in [0.4, 0.5) is 11.8 Å². The normalized spacial score (nSPS) is 14.2. The third-order valence-corrected chi connectivity index (χ3v) is 5.41. The zero-order chi connectivity index (χ0) is 21.8. The average Bonchev–Trinajstić information content (AvgIpc) is 3.10. The van der Waals surface area contributed by atoms with E-state index in [1.807, 2.05) is 17.0 Å². The molecule has 3 heterocycles. The van der Waals surface area contributed by atoms with Crippen molar-refractivity contribution in [2.75, 3.05) is 43.8 Å². The predicted molar refractivity (Wildman–Crippen MR) is 120 cm³/mol. The number of fused-ring (bicyclic) bond motifs is 1. The predicted octanol–water partition coefficient (Wildman–Crippen LogP) is 1.01. The Bertz CT molecular complexity index is 1110. The largest absolute Gasteiger partial charge is 0.382 e. The fraction of sp³-hybridized carbons (Fsp3) is 0.429. The average molecular weight is 425 g/mol. The Kier molecular flexibility index (Phi) is 6.17. The number of piperazine rings is 1. The maximum atomic E-state index is 12.6. The zero-order valence-corrected chi connectivity index (χ0v) is 17.6. The van der Waals surface area contributed by atoms with Crippen molar-refractivity contribution in [2.24, 2.45) is 0 Å². The molecule has 1 aromatic carbocycles. The minimum absolute atomic E-state index is 0.0284. The van der Waals surface area contributed by atoms with Gasteiger partial charge in [-0.3, -0.25) is 9.36 Å². The lowest BCUT2D eigenvalue weighted by atomic mass is 10.1. The Morgan fingerprint density at radius 2 is 1.94 bits per heavy atom. The lowest BCUT2D eigenvalue weighted by Crippen LogP contribution is -2.46. The highest BCUT2D eigenvalue weighted by Crippen LogP contribution is 2.18. The highest BCUT2D eigenvalue weighted by molar-refractivity contribution is 5.94. The first kappa shape index (κ1) is 20.9. The van der Waals surface area contributed by atoms with E-state index in [-0.39, 0.29) is 17.4 Å². The maximum Gasteiger partial charge on any atom is 0.328 e.